The van der Waals surface area contributed by atoms with Crippen molar-refractivity contribution < 1.29 is 14.7 Å². The third-order valence-electron chi connectivity index (χ3n) is 6.01. The molecule has 4 aliphatic rings. The van der Waals surface area contributed by atoms with Crippen molar-refractivity contribution in [1.82, 2.24) is 10.2 Å². The van der Waals surface area contributed by atoms with Gasteiger partial charge in [0.25, 0.3) is 0 Å². The maximum absolute atomic E-state index is 12.7. The Morgan fingerprint density at radius 3 is 2.25 bits per heavy atom. The Labute approximate surface area is 142 Å². The number of carbonyl (C=O) groups is 2. The van der Waals surface area contributed by atoms with E-state index in [4.69, 9.17) is 5.11 Å². The number of carboxylic acid groups (broad SMARTS) is 1. The molecule has 4 fully saturated rings. The van der Waals surface area contributed by atoms with E-state index in [1.807, 2.05) is 0 Å². The van der Waals surface area contributed by atoms with Gasteiger partial charge < -0.3 is 15.3 Å². The van der Waals surface area contributed by atoms with E-state index < -0.39 is 5.97 Å². The maximum Gasteiger partial charge on any atom is 0.335 e. The molecule has 5 rings (SSSR count). The van der Waals surface area contributed by atoms with Crippen LogP contribution >= 0.6 is 0 Å². The molecule has 2 aliphatic heterocycles. The molecule has 2 unspecified atom stereocenters. The molecular weight excluding hydrogens is 304 g/mol. The Hall–Kier alpha value is -2.04. The largest absolute Gasteiger partial charge is 0.478 e. The van der Waals surface area contributed by atoms with Crippen molar-refractivity contribution >= 4 is 12.0 Å². The normalized spacial score (nSPS) is 30.9. The summed E-state index contributed by atoms with van der Waals surface area (Å²) in [5, 5.41) is 12.0. The molecule has 0 radical (unpaired) electrons. The van der Waals surface area contributed by atoms with E-state index >= 15 is 0 Å². The number of nitrogens with zero attached hydrogens (tertiary/aromatic N) is 1. The van der Waals surface area contributed by atoms with E-state index in [1.165, 1.54) is 32.1 Å². The van der Waals surface area contributed by atoms with E-state index in [1.54, 1.807) is 24.3 Å². The van der Waals surface area contributed by atoms with Gasteiger partial charge in [-0.2, -0.15) is 0 Å². The van der Waals surface area contributed by atoms with Gasteiger partial charge in [-0.05, 0) is 67.6 Å². The molecule has 4 atom stereocenters. The Morgan fingerprint density at radius 1 is 1.00 bits per heavy atom. The molecule has 24 heavy (non-hydrogen) atoms. The van der Waals surface area contributed by atoms with Crippen molar-refractivity contribution in [3.63, 3.8) is 0 Å². The molecular formula is C19H24N2O3. The molecule has 5 heteroatoms. The highest BCUT2D eigenvalue weighted by Crippen LogP contribution is 2.47. The molecule has 2 saturated heterocycles. The quantitative estimate of drug-likeness (QED) is 0.896. The molecule has 2 heterocycles. The lowest BCUT2D eigenvalue weighted by atomic mass is 9.68. The highest BCUT2D eigenvalue weighted by atomic mass is 16.4. The zero-order valence-corrected chi connectivity index (χ0v) is 13.8. The molecule has 2 saturated carbocycles. The molecule has 5 nitrogen and oxygen atoms in total. The molecule has 128 valence electrons. The molecule has 4 bridgehead atoms. The number of aromatic carboxylic acids is 1. The second kappa shape index (κ2) is 6.11. The van der Waals surface area contributed by atoms with Gasteiger partial charge in [0, 0.05) is 19.1 Å². The smallest absolute Gasteiger partial charge is 0.335 e. The molecule has 0 spiro atoms. The number of nitrogens with one attached hydrogen (secondary N) is 1. The predicted molar refractivity (Wildman–Crippen MR) is 89.7 cm³/mol. The number of fused-ring (bicyclic) bond motifs is 1. The lowest BCUT2D eigenvalue weighted by molar-refractivity contribution is 0.0696. The Kier molecular flexibility index (Phi) is 3.94. The van der Waals surface area contributed by atoms with Gasteiger partial charge in [0.15, 0.2) is 0 Å². The Bertz CT molecular complexity index is 629. The summed E-state index contributed by atoms with van der Waals surface area (Å²) in [6.07, 6.45) is 6.32. The van der Waals surface area contributed by atoms with Gasteiger partial charge in [-0.1, -0.05) is 12.1 Å². The van der Waals surface area contributed by atoms with E-state index in [2.05, 4.69) is 10.2 Å². The number of hydrogen-bond donors (Lipinski definition) is 2. The SMILES string of the molecule is O=C(O)c1ccc(CNC(=O)N2CC3C[C@@H]4CC2C[C@H](C3)C4)cc1. The summed E-state index contributed by atoms with van der Waals surface area (Å²) in [4.78, 5) is 25.6. The second-order valence-corrected chi connectivity index (χ2v) is 7.74. The van der Waals surface area contributed by atoms with Crippen molar-refractivity contribution in [2.24, 2.45) is 17.8 Å². The number of benzene rings is 1. The minimum Gasteiger partial charge on any atom is -0.478 e. The van der Waals surface area contributed by atoms with Gasteiger partial charge in [0.2, 0.25) is 0 Å². The van der Waals surface area contributed by atoms with Crippen LogP contribution in [0.4, 0.5) is 4.79 Å². The zero-order chi connectivity index (χ0) is 16.7. The molecule has 2 amide bonds. The van der Waals surface area contributed by atoms with Crippen LogP contribution < -0.4 is 5.32 Å². The van der Waals surface area contributed by atoms with Crippen molar-refractivity contribution in [2.45, 2.75) is 44.7 Å². The van der Waals surface area contributed by atoms with Crippen LogP contribution in [-0.4, -0.2) is 34.6 Å². The van der Waals surface area contributed by atoms with E-state index in [-0.39, 0.29) is 11.6 Å². The average Bonchev–Trinajstić information content (AvgIpc) is 2.76. The maximum atomic E-state index is 12.7. The fourth-order valence-corrected chi connectivity index (χ4v) is 5.08. The van der Waals surface area contributed by atoms with Crippen LogP contribution in [0.3, 0.4) is 0 Å². The second-order valence-electron chi connectivity index (χ2n) is 7.74. The first kappa shape index (κ1) is 15.5. The van der Waals surface area contributed by atoms with E-state index in [9.17, 15) is 9.59 Å². The first-order chi connectivity index (χ1) is 11.6. The topological polar surface area (TPSA) is 69.6 Å². The first-order valence-corrected chi connectivity index (χ1v) is 8.95. The van der Waals surface area contributed by atoms with Crippen LogP contribution in [0.25, 0.3) is 0 Å². The van der Waals surface area contributed by atoms with E-state index in [0.29, 0.717) is 18.5 Å². The van der Waals surface area contributed by atoms with Crippen LogP contribution in [0, 0.1) is 17.8 Å². The minimum absolute atomic E-state index is 0.0375. The fraction of sp³-hybridized carbons (Fsp3) is 0.579. The summed E-state index contributed by atoms with van der Waals surface area (Å²) in [6.45, 7) is 1.35. The number of amides is 2. The summed E-state index contributed by atoms with van der Waals surface area (Å²) in [5.41, 5.74) is 1.19. The van der Waals surface area contributed by atoms with Crippen molar-refractivity contribution in [3.05, 3.63) is 35.4 Å². The standard InChI is InChI=1S/C19H24N2O3/c22-18(23)16-3-1-12(2-4-16)10-20-19(24)21-11-15-6-13-5-14(7-15)9-17(21)8-13/h1-4,13-15,17H,5-11H2,(H,20,24)(H,22,23)/t13-,14+,15?,17?. The predicted octanol–water partition coefficient (Wildman–Crippen LogP) is 3.10. The van der Waals surface area contributed by atoms with Crippen molar-refractivity contribution in [3.8, 4) is 0 Å². The van der Waals surface area contributed by atoms with Gasteiger partial charge in [0.05, 0.1) is 5.56 Å². The molecule has 2 N–H and O–H groups in total. The molecule has 1 aromatic carbocycles. The summed E-state index contributed by atoms with van der Waals surface area (Å²) >= 11 is 0. The summed E-state index contributed by atoms with van der Waals surface area (Å²) < 4.78 is 0. The minimum atomic E-state index is -0.930. The van der Waals surface area contributed by atoms with Crippen LogP contribution in [0.1, 0.15) is 48.0 Å². The number of urea groups is 1. The zero-order valence-electron chi connectivity index (χ0n) is 13.8. The Balaban J connectivity index is 1.38. The third kappa shape index (κ3) is 2.99. The summed E-state index contributed by atoms with van der Waals surface area (Å²) in [7, 11) is 0. The third-order valence-corrected chi connectivity index (χ3v) is 6.01. The highest BCUT2D eigenvalue weighted by Gasteiger charge is 2.43. The van der Waals surface area contributed by atoms with Crippen LogP contribution in [-0.2, 0) is 6.54 Å². The molecule has 0 aromatic heterocycles. The fourth-order valence-electron chi connectivity index (χ4n) is 5.08. The van der Waals surface area contributed by atoms with Crippen LogP contribution in [0.5, 0.6) is 0 Å². The molecule has 2 aliphatic carbocycles. The average molecular weight is 328 g/mol. The number of carbonyl (C=O) groups excluding carboxylic acids is 1. The lowest BCUT2D eigenvalue weighted by Crippen LogP contribution is -2.47. The highest BCUT2D eigenvalue weighted by molar-refractivity contribution is 5.87. The van der Waals surface area contributed by atoms with Crippen molar-refractivity contribution in [2.75, 3.05) is 6.54 Å². The van der Waals surface area contributed by atoms with Gasteiger partial charge in [-0.25, -0.2) is 9.59 Å². The van der Waals surface area contributed by atoms with Gasteiger partial charge in [0.1, 0.15) is 0 Å². The number of hydrogen-bond acceptors (Lipinski definition) is 2. The number of carboxylic acids is 1. The summed E-state index contributed by atoms with van der Waals surface area (Å²) in [5.74, 6) is 1.41. The van der Waals surface area contributed by atoms with E-state index in [0.717, 1.165) is 23.9 Å². The van der Waals surface area contributed by atoms with Gasteiger partial charge >= 0.3 is 12.0 Å². The van der Waals surface area contributed by atoms with Crippen molar-refractivity contribution in [1.29, 1.82) is 0 Å². The monoisotopic (exact) mass is 328 g/mol. The van der Waals surface area contributed by atoms with Gasteiger partial charge in [-0.15, -0.1) is 0 Å². The van der Waals surface area contributed by atoms with Gasteiger partial charge in [-0.3, -0.25) is 0 Å². The Morgan fingerprint density at radius 2 is 1.62 bits per heavy atom. The summed E-state index contributed by atoms with van der Waals surface area (Å²) in [6, 6.07) is 7.14. The number of rotatable bonds is 3. The lowest BCUT2D eigenvalue weighted by Gasteiger charge is -2.38. The molecule has 1 aromatic rings. The first-order valence-electron chi connectivity index (χ1n) is 8.95. The van der Waals surface area contributed by atoms with Crippen LogP contribution in [0.15, 0.2) is 24.3 Å². The van der Waals surface area contributed by atoms with Crippen LogP contribution in [0.2, 0.25) is 0 Å².